The highest BCUT2D eigenvalue weighted by atomic mass is 19.4. The van der Waals surface area contributed by atoms with Crippen molar-refractivity contribution < 1.29 is 53.4 Å². The molecule has 0 heterocycles. The third kappa shape index (κ3) is 8.33. The first-order valence-electron chi connectivity index (χ1n) is 13.4. The van der Waals surface area contributed by atoms with Crippen LogP contribution in [0.3, 0.4) is 0 Å². The second-order valence-corrected chi connectivity index (χ2v) is 9.61. The van der Waals surface area contributed by atoms with E-state index in [1.807, 2.05) is 6.92 Å². The number of ether oxygens (including phenoxy) is 2. The van der Waals surface area contributed by atoms with E-state index in [0.717, 1.165) is 18.9 Å². The van der Waals surface area contributed by atoms with E-state index in [1.165, 1.54) is 12.1 Å². The Morgan fingerprint density at radius 1 is 0.565 bits per heavy atom. The zero-order valence-corrected chi connectivity index (χ0v) is 23.6. The van der Waals surface area contributed by atoms with Crippen LogP contribution in [-0.2, 0) is 12.3 Å². The summed E-state index contributed by atoms with van der Waals surface area (Å²) in [5.74, 6) is 0.243. The number of rotatable bonds is 7. The van der Waals surface area contributed by atoms with E-state index < -0.39 is 63.8 Å². The van der Waals surface area contributed by atoms with Crippen molar-refractivity contribution in [2.75, 3.05) is 6.61 Å². The summed E-state index contributed by atoms with van der Waals surface area (Å²) >= 11 is 0. The molecular weight excluding hydrogens is 630 g/mol. The van der Waals surface area contributed by atoms with Gasteiger partial charge in [0.1, 0.15) is 51.7 Å². The van der Waals surface area contributed by atoms with Gasteiger partial charge in [-0.3, -0.25) is 0 Å². The molecule has 0 saturated heterocycles. The second kappa shape index (κ2) is 13.9. The van der Waals surface area contributed by atoms with Crippen LogP contribution < -0.4 is 9.47 Å². The molecule has 0 spiro atoms. The summed E-state index contributed by atoms with van der Waals surface area (Å²) in [6, 6.07) is 11.1. The van der Waals surface area contributed by atoms with Gasteiger partial charge in [0.25, 0.3) is 0 Å². The Bertz CT molecular complexity index is 1810. The van der Waals surface area contributed by atoms with Crippen LogP contribution in [0.25, 0.3) is 0 Å². The number of benzene rings is 4. The maximum absolute atomic E-state index is 14.6. The van der Waals surface area contributed by atoms with Gasteiger partial charge in [-0.2, -0.15) is 22.0 Å². The number of unbranched alkanes of at least 4 members (excludes halogenated alkanes) is 1. The van der Waals surface area contributed by atoms with Crippen molar-refractivity contribution in [2.45, 2.75) is 32.1 Å². The quantitative estimate of drug-likeness (QED) is 0.113. The predicted octanol–water partition coefficient (Wildman–Crippen LogP) is 9.51. The fraction of sp³-hybridized carbons (Fsp3) is 0.176. The van der Waals surface area contributed by atoms with E-state index in [4.69, 9.17) is 4.74 Å². The summed E-state index contributed by atoms with van der Waals surface area (Å²) in [6.07, 6.45) is -8.49. The van der Waals surface area contributed by atoms with Gasteiger partial charge in [0.15, 0.2) is 0 Å². The third-order valence-corrected chi connectivity index (χ3v) is 6.16. The molecular formula is C34H20F10O2. The van der Waals surface area contributed by atoms with Crippen molar-refractivity contribution >= 4 is 0 Å². The van der Waals surface area contributed by atoms with Crippen LogP contribution in [0.15, 0.2) is 66.7 Å². The van der Waals surface area contributed by atoms with Crippen molar-refractivity contribution in [1.82, 2.24) is 0 Å². The summed E-state index contributed by atoms with van der Waals surface area (Å²) < 4.78 is 148. The number of hydrogen-bond donors (Lipinski definition) is 0. The van der Waals surface area contributed by atoms with Gasteiger partial charge in [0.05, 0.1) is 12.2 Å². The lowest BCUT2D eigenvalue weighted by molar-refractivity contribution is -0.189. The van der Waals surface area contributed by atoms with Crippen LogP contribution in [0.2, 0.25) is 0 Å². The first kappa shape index (κ1) is 33.8. The Balaban J connectivity index is 1.49. The van der Waals surface area contributed by atoms with Crippen LogP contribution in [0.4, 0.5) is 43.9 Å². The average molecular weight is 651 g/mol. The van der Waals surface area contributed by atoms with Crippen LogP contribution in [0, 0.1) is 52.8 Å². The van der Waals surface area contributed by atoms with Gasteiger partial charge in [-0.1, -0.05) is 37.0 Å². The molecule has 2 nitrogen and oxygen atoms in total. The number of hydrogen-bond acceptors (Lipinski definition) is 2. The summed E-state index contributed by atoms with van der Waals surface area (Å²) in [7, 11) is 0. The highest BCUT2D eigenvalue weighted by Crippen LogP contribution is 2.39. The van der Waals surface area contributed by atoms with Gasteiger partial charge in [-0.05, 0) is 61.0 Å². The molecule has 0 N–H and O–H groups in total. The van der Waals surface area contributed by atoms with Crippen molar-refractivity contribution in [3.63, 3.8) is 0 Å². The molecule has 0 atom stereocenters. The van der Waals surface area contributed by atoms with Gasteiger partial charge >= 0.3 is 12.3 Å². The first-order chi connectivity index (χ1) is 21.7. The zero-order chi connectivity index (χ0) is 33.6. The Labute approximate surface area is 256 Å². The summed E-state index contributed by atoms with van der Waals surface area (Å²) in [6.45, 7) is 2.64. The van der Waals surface area contributed by atoms with Crippen LogP contribution in [0.5, 0.6) is 11.5 Å². The van der Waals surface area contributed by atoms with Crippen molar-refractivity contribution in [1.29, 1.82) is 0 Å². The normalized spacial score (nSPS) is 11.3. The topological polar surface area (TPSA) is 18.5 Å². The van der Waals surface area contributed by atoms with Gasteiger partial charge in [-0.15, -0.1) is 0 Å². The molecule has 0 bridgehead atoms. The lowest BCUT2D eigenvalue weighted by atomic mass is 10.1. The van der Waals surface area contributed by atoms with Gasteiger partial charge in [0, 0.05) is 28.8 Å². The fourth-order valence-corrected chi connectivity index (χ4v) is 3.95. The van der Waals surface area contributed by atoms with E-state index >= 15 is 0 Å². The number of halogens is 10. The van der Waals surface area contributed by atoms with E-state index in [9.17, 15) is 43.9 Å². The molecule has 0 aliphatic rings. The summed E-state index contributed by atoms with van der Waals surface area (Å²) in [5.41, 5.74) is -4.13. The molecule has 0 amide bonds. The molecule has 4 aromatic carbocycles. The molecule has 4 aromatic rings. The smallest absolute Gasteiger partial charge is 0.432 e. The Morgan fingerprint density at radius 2 is 1.09 bits per heavy atom. The van der Waals surface area contributed by atoms with Crippen molar-refractivity contribution in [3.05, 3.63) is 129 Å². The molecule has 4 rings (SSSR count). The summed E-state index contributed by atoms with van der Waals surface area (Å²) in [5, 5.41) is 0. The van der Waals surface area contributed by atoms with Crippen LogP contribution in [0.1, 0.15) is 53.1 Å². The van der Waals surface area contributed by atoms with Crippen LogP contribution >= 0.6 is 0 Å². The molecule has 238 valence electrons. The molecule has 0 aliphatic carbocycles. The standard InChI is InChI=1S/C34H20F10O2/c1-2-3-14-45-24-12-8-20(9-13-24)4-5-21-6-10-23(26(35)15-21)11-7-22-16-27(36)32(28(37)17-22)34(43,44)46-25-18-29(38)31(30(39)19-25)33(40,41)42/h6,8-10,12-13,15-19H,2-3,14H2,1H3. The lowest BCUT2D eigenvalue weighted by Crippen LogP contribution is -2.25. The molecule has 0 fully saturated rings. The Kier molecular flexibility index (Phi) is 10.2. The highest BCUT2D eigenvalue weighted by molar-refractivity contribution is 5.49. The minimum absolute atomic E-state index is 0.205. The van der Waals surface area contributed by atoms with Gasteiger partial charge in [0.2, 0.25) is 0 Å². The second-order valence-electron chi connectivity index (χ2n) is 9.61. The van der Waals surface area contributed by atoms with E-state index in [-0.39, 0.29) is 17.7 Å². The Hall–Kier alpha value is -5.10. The van der Waals surface area contributed by atoms with Crippen molar-refractivity contribution in [2.24, 2.45) is 0 Å². The maximum atomic E-state index is 14.6. The average Bonchev–Trinajstić information content (AvgIpc) is 2.94. The first-order valence-corrected chi connectivity index (χ1v) is 13.4. The van der Waals surface area contributed by atoms with Crippen LogP contribution in [-0.4, -0.2) is 6.61 Å². The molecule has 46 heavy (non-hydrogen) atoms. The minimum atomic E-state index is -5.49. The van der Waals surface area contributed by atoms with E-state index in [1.54, 1.807) is 24.3 Å². The molecule has 0 radical (unpaired) electrons. The minimum Gasteiger partial charge on any atom is -0.494 e. The van der Waals surface area contributed by atoms with Crippen molar-refractivity contribution in [3.8, 4) is 35.2 Å². The lowest BCUT2D eigenvalue weighted by Gasteiger charge is -2.20. The van der Waals surface area contributed by atoms with E-state index in [0.29, 0.717) is 35.6 Å². The Morgan fingerprint density at radius 3 is 1.65 bits per heavy atom. The zero-order valence-electron chi connectivity index (χ0n) is 23.6. The van der Waals surface area contributed by atoms with Gasteiger partial charge < -0.3 is 9.47 Å². The largest absolute Gasteiger partial charge is 0.494 e. The molecule has 0 aliphatic heterocycles. The molecule has 0 saturated carbocycles. The SMILES string of the molecule is CCCCOc1ccc(C#Cc2ccc(C#Cc3cc(F)c(C(F)(F)Oc4cc(F)c(C(F)(F)F)c(F)c4)c(F)c3)c(F)c2)cc1. The third-order valence-electron chi connectivity index (χ3n) is 6.16. The van der Waals surface area contributed by atoms with Gasteiger partial charge in [-0.25, -0.2) is 22.0 Å². The molecule has 0 aromatic heterocycles. The molecule has 12 heteroatoms. The fourth-order valence-electron chi connectivity index (χ4n) is 3.95. The number of alkyl halides is 5. The summed E-state index contributed by atoms with van der Waals surface area (Å²) in [4.78, 5) is 0. The molecule has 0 unspecified atom stereocenters. The predicted molar refractivity (Wildman–Crippen MR) is 147 cm³/mol. The monoisotopic (exact) mass is 650 g/mol. The van der Waals surface area contributed by atoms with E-state index in [2.05, 4.69) is 28.4 Å². The maximum Gasteiger partial charge on any atom is 0.432 e. The highest BCUT2D eigenvalue weighted by Gasteiger charge is 2.43.